The average molecular weight is 347 g/mol. The molecule has 0 fully saturated rings. The number of aldehydes is 1. The lowest BCUT2D eigenvalue weighted by Crippen LogP contribution is -1.97. The molecule has 120 valence electrons. The summed E-state index contributed by atoms with van der Waals surface area (Å²) in [6.45, 7) is 2.28. The zero-order valence-electron chi connectivity index (χ0n) is 13.5. The van der Waals surface area contributed by atoms with Gasteiger partial charge in [0.2, 0.25) is 0 Å². The minimum atomic E-state index is 0.0832. The van der Waals surface area contributed by atoms with Gasteiger partial charge in [-0.2, -0.15) is 0 Å². The SMILES string of the molecule is CCCCCCCCCCCCCCCCC(Br)C=O. The summed E-state index contributed by atoms with van der Waals surface area (Å²) in [5.74, 6) is 0. The Bertz CT molecular complexity index is 194. The van der Waals surface area contributed by atoms with Gasteiger partial charge in [-0.3, -0.25) is 0 Å². The van der Waals surface area contributed by atoms with Crippen LogP contribution in [0.15, 0.2) is 0 Å². The van der Waals surface area contributed by atoms with Crippen molar-refractivity contribution in [1.82, 2.24) is 0 Å². The Hall–Kier alpha value is 0.150. The van der Waals surface area contributed by atoms with Crippen LogP contribution in [0.2, 0.25) is 0 Å². The number of carbonyl (C=O) groups excluding carboxylic acids is 1. The topological polar surface area (TPSA) is 17.1 Å². The molecule has 1 nitrogen and oxygen atoms in total. The third kappa shape index (κ3) is 16.2. The van der Waals surface area contributed by atoms with Crippen molar-refractivity contribution in [3.63, 3.8) is 0 Å². The van der Waals surface area contributed by atoms with Crippen molar-refractivity contribution in [2.75, 3.05) is 0 Å². The van der Waals surface area contributed by atoms with Crippen molar-refractivity contribution in [3.8, 4) is 0 Å². The van der Waals surface area contributed by atoms with E-state index in [0.717, 1.165) is 12.7 Å². The van der Waals surface area contributed by atoms with Crippen LogP contribution in [0.1, 0.15) is 103 Å². The maximum atomic E-state index is 10.4. The first-order valence-electron chi connectivity index (χ1n) is 8.90. The molecule has 0 aromatic carbocycles. The van der Waals surface area contributed by atoms with Gasteiger partial charge in [-0.25, -0.2) is 0 Å². The minimum absolute atomic E-state index is 0.0832. The van der Waals surface area contributed by atoms with Crippen molar-refractivity contribution in [2.45, 2.75) is 108 Å². The van der Waals surface area contributed by atoms with Crippen LogP contribution < -0.4 is 0 Å². The molecule has 0 aromatic rings. The Balaban J connectivity index is 2.97. The maximum Gasteiger partial charge on any atom is 0.133 e. The second kappa shape index (κ2) is 17.2. The molecule has 0 amide bonds. The second-order valence-electron chi connectivity index (χ2n) is 6.04. The lowest BCUT2D eigenvalue weighted by atomic mass is 10.0. The lowest BCUT2D eigenvalue weighted by Gasteiger charge is -2.04. The average Bonchev–Trinajstić information content (AvgIpc) is 2.47. The zero-order chi connectivity index (χ0) is 14.9. The second-order valence-corrected chi connectivity index (χ2v) is 7.21. The van der Waals surface area contributed by atoms with Gasteiger partial charge in [0.05, 0.1) is 4.83 Å². The number of rotatable bonds is 16. The Morgan fingerprint density at radius 1 is 0.700 bits per heavy atom. The monoisotopic (exact) mass is 346 g/mol. The standard InChI is InChI=1S/C18H35BrO/c1-2-3-4-5-6-7-8-9-10-11-12-13-14-15-16-18(19)17-20/h17-18H,2-16H2,1H3. The van der Waals surface area contributed by atoms with Crippen LogP contribution in [0.4, 0.5) is 0 Å². The highest BCUT2D eigenvalue weighted by Crippen LogP contribution is 2.14. The molecule has 0 aromatic heterocycles. The van der Waals surface area contributed by atoms with Crippen LogP contribution >= 0.6 is 15.9 Å². The predicted octanol–water partition coefficient (Wildman–Crippen LogP) is 6.82. The molecule has 0 heterocycles. The molecular weight excluding hydrogens is 312 g/mol. The molecular formula is C18H35BrO. The lowest BCUT2D eigenvalue weighted by molar-refractivity contribution is -0.107. The highest BCUT2D eigenvalue weighted by molar-refractivity contribution is 9.09. The van der Waals surface area contributed by atoms with E-state index in [4.69, 9.17) is 0 Å². The fourth-order valence-electron chi connectivity index (χ4n) is 2.60. The fraction of sp³-hybridized carbons (Fsp3) is 0.944. The highest BCUT2D eigenvalue weighted by atomic mass is 79.9. The molecule has 0 saturated heterocycles. The number of halogens is 1. The van der Waals surface area contributed by atoms with Crippen molar-refractivity contribution >= 4 is 22.2 Å². The third-order valence-corrected chi connectivity index (χ3v) is 4.65. The quantitative estimate of drug-likeness (QED) is 0.170. The first kappa shape index (κ1) is 20.1. The summed E-state index contributed by atoms with van der Waals surface area (Å²) < 4.78 is 0. The van der Waals surface area contributed by atoms with E-state index in [9.17, 15) is 4.79 Å². The van der Waals surface area contributed by atoms with Crippen LogP contribution in [0.5, 0.6) is 0 Å². The summed E-state index contributed by atoms with van der Waals surface area (Å²) in [7, 11) is 0. The number of carbonyl (C=O) groups is 1. The van der Waals surface area contributed by atoms with Crippen LogP contribution in [0.3, 0.4) is 0 Å². The highest BCUT2D eigenvalue weighted by Gasteiger charge is 2.00. The van der Waals surface area contributed by atoms with Crippen LogP contribution in [-0.2, 0) is 4.79 Å². The molecule has 0 saturated carbocycles. The molecule has 20 heavy (non-hydrogen) atoms. The summed E-state index contributed by atoms with van der Waals surface area (Å²) in [6, 6.07) is 0. The number of hydrogen-bond donors (Lipinski definition) is 0. The van der Waals surface area contributed by atoms with Gasteiger partial charge >= 0.3 is 0 Å². The first-order chi connectivity index (χ1) is 9.81. The molecule has 1 unspecified atom stereocenters. The van der Waals surface area contributed by atoms with E-state index in [0.29, 0.717) is 0 Å². The van der Waals surface area contributed by atoms with E-state index in [-0.39, 0.29) is 4.83 Å². The first-order valence-corrected chi connectivity index (χ1v) is 9.82. The summed E-state index contributed by atoms with van der Waals surface area (Å²) in [5.41, 5.74) is 0. The van der Waals surface area contributed by atoms with Gasteiger partial charge < -0.3 is 4.79 Å². The van der Waals surface area contributed by atoms with E-state index in [1.54, 1.807) is 0 Å². The summed E-state index contributed by atoms with van der Waals surface area (Å²) >= 11 is 3.35. The Morgan fingerprint density at radius 2 is 1.05 bits per heavy atom. The molecule has 0 N–H and O–H groups in total. The Kier molecular flexibility index (Phi) is 17.3. The molecule has 0 radical (unpaired) electrons. The van der Waals surface area contributed by atoms with E-state index < -0.39 is 0 Å². The van der Waals surface area contributed by atoms with E-state index in [2.05, 4.69) is 22.9 Å². The van der Waals surface area contributed by atoms with Crippen molar-refractivity contribution < 1.29 is 4.79 Å². The number of unbranched alkanes of at least 4 members (excludes halogenated alkanes) is 13. The van der Waals surface area contributed by atoms with Crippen molar-refractivity contribution in [2.24, 2.45) is 0 Å². The van der Waals surface area contributed by atoms with Gasteiger partial charge in [-0.1, -0.05) is 113 Å². The van der Waals surface area contributed by atoms with Crippen LogP contribution in [0.25, 0.3) is 0 Å². The molecule has 0 aliphatic carbocycles. The van der Waals surface area contributed by atoms with Crippen LogP contribution in [-0.4, -0.2) is 11.1 Å². The molecule has 0 aliphatic rings. The van der Waals surface area contributed by atoms with E-state index in [1.807, 2.05) is 0 Å². The zero-order valence-corrected chi connectivity index (χ0v) is 15.1. The molecule has 0 aliphatic heterocycles. The smallest absolute Gasteiger partial charge is 0.133 e. The fourth-order valence-corrected chi connectivity index (χ4v) is 2.93. The third-order valence-electron chi connectivity index (χ3n) is 3.98. The van der Waals surface area contributed by atoms with Crippen molar-refractivity contribution in [1.29, 1.82) is 0 Å². The molecule has 0 bridgehead atoms. The largest absolute Gasteiger partial charge is 0.302 e. The van der Waals surface area contributed by atoms with Gasteiger partial charge in [-0.05, 0) is 6.42 Å². The van der Waals surface area contributed by atoms with Gasteiger partial charge in [0.15, 0.2) is 0 Å². The van der Waals surface area contributed by atoms with E-state index in [1.165, 1.54) is 89.9 Å². The summed E-state index contributed by atoms with van der Waals surface area (Å²) in [4.78, 5) is 10.5. The normalized spacial score (nSPS) is 12.5. The summed E-state index contributed by atoms with van der Waals surface area (Å²) in [5, 5.41) is 0. The van der Waals surface area contributed by atoms with Crippen LogP contribution in [0, 0.1) is 0 Å². The van der Waals surface area contributed by atoms with Gasteiger partial charge in [0, 0.05) is 0 Å². The summed E-state index contributed by atoms with van der Waals surface area (Å²) in [6.07, 6.45) is 21.5. The van der Waals surface area contributed by atoms with Gasteiger partial charge in [0.1, 0.15) is 6.29 Å². The van der Waals surface area contributed by atoms with Gasteiger partial charge in [-0.15, -0.1) is 0 Å². The molecule has 1 atom stereocenters. The maximum absolute atomic E-state index is 10.4. The number of hydrogen-bond acceptors (Lipinski definition) is 1. The van der Waals surface area contributed by atoms with Crippen molar-refractivity contribution in [3.05, 3.63) is 0 Å². The molecule has 0 spiro atoms. The van der Waals surface area contributed by atoms with Gasteiger partial charge in [0.25, 0.3) is 0 Å². The predicted molar refractivity (Wildman–Crippen MR) is 93.7 cm³/mol. The molecule has 2 heteroatoms. The number of alkyl halides is 1. The molecule has 0 rings (SSSR count). The Labute approximate surface area is 135 Å². The Morgan fingerprint density at radius 3 is 1.40 bits per heavy atom. The minimum Gasteiger partial charge on any atom is -0.302 e. The van der Waals surface area contributed by atoms with E-state index >= 15 is 0 Å².